The second-order valence-electron chi connectivity index (χ2n) is 8.32. The number of ether oxygens (including phenoxy) is 1. The third-order valence-corrected chi connectivity index (χ3v) is 6.35. The summed E-state index contributed by atoms with van der Waals surface area (Å²) in [6.07, 6.45) is 5.36. The lowest BCUT2D eigenvalue weighted by molar-refractivity contribution is -0.123. The van der Waals surface area contributed by atoms with E-state index in [1.165, 1.54) is 30.2 Å². The molecule has 0 bridgehead atoms. The van der Waals surface area contributed by atoms with Crippen LogP contribution >= 0.6 is 0 Å². The van der Waals surface area contributed by atoms with Gasteiger partial charge in [0.2, 0.25) is 5.91 Å². The standard InChI is InChI=1S/C25H27FN2O4/c1-32-19-14-12-18(13-15-19)28-23(29)16-22(25(28)31)27(17-8-4-2-3-5-9-17)24(30)20-10-6-7-11-21(20)26/h6-7,10-15,17,22H,2-5,8-9,16H2,1H3. The number of halogens is 1. The minimum Gasteiger partial charge on any atom is -0.497 e. The molecule has 2 aromatic carbocycles. The molecule has 2 aromatic rings. The Morgan fingerprint density at radius 3 is 2.28 bits per heavy atom. The summed E-state index contributed by atoms with van der Waals surface area (Å²) < 4.78 is 19.7. The highest BCUT2D eigenvalue weighted by atomic mass is 19.1. The van der Waals surface area contributed by atoms with E-state index in [0.29, 0.717) is 11.4 Å². The monoisotopic (exact) mass is 438 g/mol. The van der Waals surface area contributed by atoms with Gasteiger partial charge in [-0.05, 0) is 49.2 Å². The molecule has 6 nitrogen and oxygen atoms in total. The lowest BCUT2D eigenvalue weighted by Crippen LogP contribution is -2.51. The maximum absolute atomic E-state index is 14.5. The van der Waals surface area contributed by atoms with Crippen molar-refractivity contribution in [3.63, 3.8) is 0 Å². The van der Waals surface area contributed by atoms with E-state index >= 15 is 0 Å². The van der Waals surface area contributed by atoms with Gasteiger partial charge in [0, 0.05) is 6.04 Å². The first-order valence-corrected chi connectivity index (χ1v) is 11.1. The maximum Gasteiger partial charge on any atom is 0.257 e. The fourth-order valence-electron chi connectivity index (χ4n) is 4.71. The van der Waals surface area contributed by atoms with E-state index in [2.05, 4.69) is 0 Å². The van der Waals surface area contributed by atoms with Crippen LogP contribution in [0.15, 0.2) is 48.5 Å². The lowest BCUT2D eigenvalue weighted by atomic mass is 10.0. The van der Waals surface area contributed by atoms with Crippen LogP contribution in [-0.2, 0) is 9.59 Å². The van der Waals surface area contributed by atoms with E-state index < -0.39 is 23.7 Å². The van der Waals surface area contributed by atoms with Crippen LogP contribution in [0.4, 0.5) is 10.1 Å². The van der Waals surface area contributed by atoms with Crippen LogP contribution in [0.2, 0.25) is 0 Å². The highest BCUT2D eigenvalue weighted by Crippen LogP contribution is 2.32. The van der Waals surface area contributed by atoms with Crippen molar-refractivity contribution in [3.05, 3.63) is 59.9 Å². The summed E-state index contributed by atoms with van der Waals surface area (Å²) in [6, 6.07) is 11.3. The summed E-state index contributed by atoms with van der Waals surface area (Å²) in [5.41, 5.74) is 0.363. The first kappa shape index (κ1) is 22.0. The molecular formula is C25H27FN2O4. The van der Waals surface area contributed by atoms with Gasteiger partial charge >= 0.3 is 0 Å². The normalized spacial score (nSPS) is 19.7. The number of nitrogens with zero attached hydrogens (tertiary/aromatic N) is 2. The molecule has 1 saturated heterocycles. The Hall–Kier alpha value is -3.22. The van der Waals surface area contributed by atoms with E-state index in [1.807, 2.05) is 0 Å². The van der Waals surface area contributed by atoms with E-state index in [4.69, 9.17) is 4.74 Å². The fourth-order valence-corrected chi connectivity index (χ4v) is 4.71. The van der Waals surface area contributed by atoms with Crippen LogP contribution in [0.3, 0.4) is 0 Å². The molecule has 4 rings (SSSR count). The Balaban J connectivity index is 1.68. The van der Waals surface area contributed by atoms with Gasteiger partial charge in [-0.1, -0.05) is 37.8 Å². The molecule has 2 fully saturated rings. The summed E-state index contributed by atoms with van der Waals surface area (Å²) in [6.45, 7) is 0. The second-order valence-corrected chi connectivity index (χ2v) is 8.32. The molecule has 1 atom stereocenters. The molecule has 1 aliphatic heterocycles. The molecule has 1 unspecified atom stereocenters. The van der Waals surface area contributed by atoms with Gasteiger partial charge in [0.1, 0.15) is 17.6 Å². The minimum absolute atomic E-state index is 0.0695. The zero-order valence-corrected chi connectivity index (χ0v) is 18.1. The van der Waals surface area contributed by atoms with Gasteiger partial charge in [0.15, 0.2) is 0 Å². The van der Waals surface area contributed by atoms with Gasteiger partial charge in [-0.2, -0.15) is 0 Å². The van der Waals surface area contributed by atoms with Crippen molar-refractivity contribution >= 4 is 23.4 Å². The van der Waals surface area contributed by atoms with Crippen LogP contribution in [0, 0.1) is 5.82 Å². The Morgan fingerprint density at radius 1 is 1.00 bits per heavy atom. The third-order valence-electron chi connectivity index (χ3n) is 6.35. The number of rotatable bonds is 5. The Bertz CT molecular complexity index is 999. The van der Waals surface area contributed by atoms with Crippen molar-refractivity contribution in [2.45, 2.75) is 57.0 Å². The average Bonchev–Trinajstić information content (AvgIpc) is 2.97. The molecule has 1 aliphatic carbocycles. The summed E-state index contributed by atoms with van der Waals surface area (Å²) in [5, 5.41) is 0. The zero-order valence-electron chi connectivity index (χ0n) is 18.1. The van der Waals surface area contributed by atoms with Crippen LogP contribution < -0.4 is 9.64 Å². The number of carbonyl (C=O) groups excluding carboxylic acids is 3. The number of methoxy groups -OCH3 is 1. The van der Waals surface area contributed by atoms with Gasteiger partial charge in [0.25, 0.3) is 11.8 Å². The fraction of sp³-hybridized carbons (Fsp3) is 0.400. The Kier molecular flexibility index (Phi) is 6.53. The van der Waals surface area contributed by atoms with E-state index in [9.17, 15) is 18.8 Å². The molecule has 7 heteroatoms. The molecule has 0 spiro atoms. The Morgan fingerprint density at radius 2 is 1.66 bits per heavy atom. The van der Waals surface area contributed by atoms with Gasteiger partial charge in [-0.3, -0.25) is 14.4 Å². The largest absolute Gasteiger partial charge is 0.497 e. The van der Waals surface area contributed by atoms with E-state index in [0.717, 1.165) is 43.4 Å². The molecule has 2 aliphatic rings. The van der Waals surface area contributed by atoms with Crippen molar-refractivity contribution in [1.29, 1.82) is 0 Å². The van der Waals surface area contributed by atoms with Gasteiger partial charge < -0.3 is 9.64 Å². The van der Waals surface area contributed by atoms with Crippen LogP contribution in [0.1, 0.15) is 55.3 Å². The molecule has 0 aromatic heterocycles. The van der Waals surface area contributed by atoms with E-state index in [1.54, 1.807) is 30.3 Å². The number of anilines is 1. The van der Waals surface area contributed by atoms with E-state index in [-0.39, 0.29) is 23.9 Å². The minimum atomic E-state index is -0.945. The number of imide groups is 1. The maximum atomic E-state index is 14.5. The molecule has 0 radical (unpaired) electrons. The van der Waals surface area contributed by atoms with Gasteiger partial charge in [-0.25, -0.2) is 9.29 Å². The van der Waals surface area contributed by atoms with Crippen LogP contribution in [-0.4, -0.2) is 41.8 Å². The van der Waals surface area contributed by atoms with Gasteiger partial charge in [-0.15, -0.1) is 0 Å². The summed E-state index contributed by atoms with van der Waals surface area (Å²) >= 11 is 0. The first-order chi connectivity index (χ1) is 15.5. The number of carbonyl (C=O) groups is 3. The lowest BCUT2D eigenvalue weighted by Gasteiger charge is -2.35. The third kappa shape index (κ3) is 4.24. The SMILES string of the molecule is COc1ccc(N2C(=O)CC(N(C(=O)c3ccccc3F)C3CCCCCC3)C2=O)cc1. The molecule has 32 heavy (non-hydrogen) atoms. The Labute approximate surface area is 187 Å². The van der Waals surface area contributed by atoms with Crippen LogP contribution in [0.25, 0.3) is 0 Å². The van der Waals surface area contributed by atoms with Crippen molar-refractivity contribution in [3.8, 4) is 5.75 Å². The van der Waals surface area contributed by atoms with Crippen molar-refractivity contribution < 1.29 is 23.5 Å². The molecule has 1 heterocycles. The predicted molar refractivity (Wildman–Crippen MR) is 118 cm³/mol. The predicted octanol–water partition coefficient (Wildman–Crippen LogP) is 4.33. The molecule has 1 saturated carbocycles. The van der Waals surface area contributed by atoms with Crippen molar-refractivity contribution in [1.82, 2.24) is 4.90 Å². The molecule has 3 amide bonds. The molecular weight excluding hydrogens is 411 g/mol. The van der Waals surface area contributed by atoms with Gasteiger partial charge in [0.05, 0.1) is 24.8 Å². The average molecular weight is 438 g/mol. The quantitative estimate of drug-likeness (QED) is 0.515. The van der Waals surface area contributed by atoms with Crippen molar-refractivity contribution in [2.24, 2.45) is 0 Å². The number of hydrogen-bond acceptors (Lipinski definition) is 4. The first-order valence-electron chi connectivity index (χ1n) is 11.1. The zero-order chi connectivity index (χ0) is 22.7. The smallest absolute Gasteiger partial charge is 0.257 e. The molecule has 0 N–H and O–H groups in total. The molecule has 168 valence electrons. The summed E-state index contributed by atoms with van der Waals surface area (Å²) in [5.74, 6) is -1.36. The second kappa shape index (κ2) is 9.51. The van der Waals surface area contributed by atoms with Crippen molar-refractivity contribution in [2.75, 3.05) is 12.0 Å². The summed E-state index contributed by atoms with van der Waals surface area (Å²) in [7, 11) is 1.54. The highest BCUT2D eigenvalue weighted by Gasteiger charge is 2.46. The van der Waals surface area contributed by atoms with Crippen LogP contribution in [0.5, 0.6) is 5.75 Å². The topological polar surface area (TPSA) is 66.9 Å². The number of hydrogen-bond donors (Lipinski definition) is 0. The number of amides is 3. The highest BCUT2D eigenvalue weighted by molar-refractivity contribution is 6.23. The summed E-state index contributed by atoms with van der Waals surface area (Å²) in [4.78, 5) is 42.5. The number of benzene rings is 2.